The second-order valence-corrected chi connectivity index (χ2v) is 4.15. The molecule has 1 aromatic heterocycles. The zero-order valence-electron chi connectivity index (χ0n) is 7.52. The Morgan fingerprint density at radius 2 is 2.15 bits per heavy atom. The molecule has 2 rings (SSSR count). The normalized spacial score (nSPS) is 10.7. The Balaban J connectivity index is 2.83. The lowest BCUT2D eigenvalue weighted by atomic mass is 10.2. The molecule has 3 heteroatoms. The number of halogens is 1. The lowest BCUT2D eigenvalue weighted by Gasteiger charge is -2.01. The minimum Gasteiger partial charge on any atom is -0.495 e. The topological polar surface area (TPSA) is 25.0 Å². The minimum absolute atomic E-state index is 0.906. The number of benzene rings is 1. The van der Waals surface area contributed by atoms with Crippen molar-refractivity contribution >= 4 is 33.5 Å². The summed E-state index contributed by atoms with van der Waals surface area (Å²) in [5.41, 5.74) is 2.25. The van der Waals surface area contributed by atoms with Crippen molar-refractivity contribution in [2.45, 2.75) is 6.92 Å². The summed E-state index contributed by atoms with van der Waals surface area (Å²) < 4.78 is 6.51. The standard InChI is InChI=1S/C10H10INO/c1-6-5-7-8(11)3-4-9(13-2)10(7)12-6/h3-5,12H,1-2H3. The third-order valence-electron chi connectivity index (χ3n) is 2.06. The first kappa shape index (κ1) is 8.87. The van der Waals surface area contributed by atoms with E-state index in [2.05, 4.69) is 46.6 Å². The van der Waals surface area contributed by atoms with Crippen LogP contribution >= 0.6 is 22.6 Å². The SMILES string of the molecule is COc1ccc(I)c2cc(C)[nH]c12. The fraction of sp³-hybridized carbons (Fsp3) is 0.200. The first-order valence-corrected chi connectivity index (χ1v) is 5.12. The molecule has 0 bridgehead atoms. The quantitative estimate of drug-likeness (QED) is 0.801. The monoisotopic (exact) mass is 287 g/mol. The second kappa shape index (κ2) is 3.21. The predicted molar refractivity (Wildman–Crippen MR) is 62.3 cm³/mol. The van der Waals surface area contributed by atoms with Crippen LogP contribution in [-0.4, -0.2) is 12.1 Å². The highest BCUT2D eigenvalue weighted by Crippen LogP contribution is 2.29. The van der Waals surface area contributed by atoms with Crippen molar-refractivity contribution in [3.8, 4) is 5.75 Å². The van der Waals surface area contributed by atoms with Crippen LogP contribution in [0.5, 0.6) is 5.75 Å². The summed E-state index contributed by atoms with van der Waals surface area (Å²) in [7, 11) is 1.69. The van der Waals surface area contributed by atoms with Gasteiger partial charge in [-0.15, -0.1) is 0 Å². The summed E-state index contributed by atoms with van der Waals surface area (Å²) in [6.45, 7) is 2.05. The number of hydrogen-bond donors (Lipinski definition) is 1. The summed E-state index contributed by atoms with van der Waals surface area (Å²) in [6, 6.07) is 6.19. The molecular weight excluding hydrogens is 277 g/mol. The van der Waals surface area contributed by atoms with Crippen molar-refractivity contribution in [1.29, 1.82) is 0 Å². The summed E-state index contributed by atoms with van der Waals surface area (Å²) in [6.07, 6.45) is 0. The molecule has 13 heavy (non-hydrogen) atoms. The number of aromatic amines is 1. The largest absolute Gasteiger partial charge is 0.495 e. The molecule has 0 fully saturated rings. The molecule has 0 unspecified atom stereocenters. The van der Waals surface area contributed by atoms with E-state index in [-0.39, 0.29) is 0 Å². The molecular formula is C10H10INO. The average molecular weight is 287 g/mol. The number of aromatic nitrogens is 1. The van der Waals surface area contributed by atoms with Crippen LogP contribution in [-0.2, 0) is 0 Å². The molecule has 0 aliphatic heterocycles. The Bertz CT molecular complexity index is 447. The molecule has 0 aliphatic carbocycles. The van der Waals surface area contributed by atoms with Crippen LogP contribution in [0.15, 0.2) is 18.2 Å². The number of nitrogens with one attached hydrogen (secondary N) is 1. The van der Waals surface area contributed by atoms with Gasteiger partial charge in [0.25, 0.3) is 0 Å². The van der Waals surface area contributed by atoms with Crippen molar-refractivity contribution in [3.63, 3.8) is 0 Å². The maximum absolute atomic E-state index is 5.26. The van der Waals surface area contributed by atoms with Crippen LogP contribution < -0.4 is 4.74 Å². The van der Waals surface area contributed by atoms with Gasteiger partial charge in [-0.05, 0) is 47.7 Å². The van der Waals surface area contributed by atoms with Gasteiger partial charge in [-0.2, -0.15) is 0 Å². The molecule has 0 spiro atoms. The molecule has 0 amide bonds. The van der Waals surface area contributed by atoms with Crippen molar-refractivity contribution in [2.75, 3.05) is 7.11 Å². The van der Waals surface area contributed by atoms with Gasteiger partial charge in [0.05, 0.1) is 12.6 Å². The Morgan fingerprint density at radius 1 is 1.38 bits per heavy atom. The van der Waals surface area contributed by atoms with E-state index in [9.17, 15) is 0 Å². The number of fused-ring (bicyclic) bond motifs is 1. The first-order valence-electron chi connectivity index (χ1n) is 4.04. The van der Waals surface area contributed by atoms with E-state index in [1.54, 1.807) is 7.11 Å². The van der Waals surface area contributed by atoms with Crippen LogP contribution in [0.4, 0.5) is 0 Å². The van der Waals surface area contributed by atoms with Gasteiger partial charge in [-0.3, -0.25) is 0 Å². The van der Waals surface area contributed by atoms with Crippen molar-refractivity contribution < 1.29 is 4.74 Å². The predicted octanol–water partition coefficient (Wildman–Crippen LogP) is 3.09. The minimum atomic E-state index is 0.906. The summed E-state index contributed by atoms with van der Waals surface area (Å²) in [4.78, 5) is 3.29. The maximum Gasteiger partial charge on any atom is 0.142 e. The number of aryl methyl sites for hydroxylation is 1. The second-order valence-electron chi connectivity index (χ2n) is 2.99. The Labute approximate surface area is 90.4 Å². The highest BCUT2D eigenvalue weighted by Gasteiger charge is 2.06. The molecule has 0 saturated heterocycles. The smallest absolute Gasteiger partial charge is 0.142 e. The Hall–Kier alpha value is -0.710. The number of hydrogen-bond acceptors (Lipinski definition) is 1. The lowest BCUT2D eigenvalue weighted by Crippen LogP contribution is -1.85. The molecule has 1 aromatic carbocycles. The molecule has 2 aromatic rings. The van der Waals surface area contributed by atoms with Gasteiger partial charge in [0, 0.05) is 14.7 Å². The maximum atomic E-state index is 5.26. The van der Waals surface area contributed by atoms with Gasteiger partial charge >= 0.3 is 0 Å². The molecule has 1 heterocycles. The van der Waals surface area contributed by atoms with E-state index in [0.717, 1.165) is 17.0 Å². The van der Waals surface area contributed by atoms with E-state index < -0.39 is 0 Å². The first-order chi connectivity index (χ1) is 6.22. The van der Waals surface area contributed by atoms with Crippen molar-refractivity contribution in [2.24, 2.45) is 0 Å². The van der Waals surface area contributed by atoms with Crippen LogP contribution in [0.2, 0.25) is 0 Å². The van der Waals surface area contributed by atoms with Crippen molar-refractivity contribution in [3.05, 3.63) is 27.5 Å². The van der Waals surface area contributed by atoms with E-state index in [1.807, 2.05) is 6.07 Å². The molecule has 0 atom stereocenters. The number of rotatable bonds is 1. The highest BCUT2D eigenvalue weighted by molar-refractivity contribution is 14.1. The van der Waals surface area contributed by atoms with Gasteiger partial charge in [-0.25, -0.2) is 0 Å². The van der Waals surface area contributed by atoms with Crippen LogP contribution in [0.1, 0.15) is 5.69 Å². The van der Waals surface area contributed by atoms with E-state index in [4.69, 9.17) is 4.74 Å². The lowest BCUT2D eigenvalue weighted by molar-refractivity contribution is 0.419. The Morgan fingerprint density at radius 3 is 2.85 bits per heavy atom. The molecule has 1 N–H and O–H groups in total. The zero-order chi connectivity index (χ0) is 9.42. The number of ether oxygens (including phenoxy) is 1. The summed E-state index contributed by atoms with van der Waals surface area (Å²) >= 11 is 2.33. The van der Waals surface area contributed by atoms with E-state index >= 15 is 0 Å². The van der Waals surface area contributed by atoms with Gasteiger partial charge in [0.2, 0.25) is 0 Å². The molecule has 68 valence electrons. The molecule has 0 aliphatic rings. The highest BCUT2D eigenvalue weighted by atomic mass is 127. The van der Waals surface area contributed by atoms with Gasteiger partial charge < -0.3 is 9.72 Å². The fourth-order valence-electron chi connectivity index (χ4n) is 1.46. The zero-order valence-corrected chi connectivity index (χ0v) is 9.68. The van der Waals surface area contributed by atoms with Crippen LogP contribution in [0.25, 0.3) is 10.9 Å². The summed E-state index contributed by atoms with van der Waals surface area (Å²) in [5, 5.41) is 1.23. The number of methoxy groups -OCH3 is 1. The van der Waals surface area contributed by atoms with Gasteiger partial charge in [-0.1, -0.05) is 0 Å². The van der Waals surface area contributed by atoms with E-state index in [0.29, 0.717) is 0 Å². The third-order valence-corrected chi connectivity index (χ3v) is 3.00. The third kappa shape index (κ3) is 1.41. The van der Waals surface area contributed by atoms with Crippen molar-refractivity contribution in [1.82, 2.24) is 4.98 Å². The van der Waals surface area contributed by atoms with E-state index in [1.165, 1.54) is 8.96 Å². The molecule has 2 nitrogen and oxygen atoms in total. The van der Waals surface area contributed by atoms with Gasteiger partial charge in [0.1, 0.15) is 5.75 Å². The average Bonchev–Trinajstić information content (AvgIpc) is 2.48. The molecule has 0 radical (unpaired) electrons. The van der Waals surface area contributed by atoms with Crippen LogP contribution in [0.3, 0.4) is 0 Å². The van der Waals surface area contributed by atoms with Crippen LogP contribution in [0, 0.1) is 10.5 Å². The summed E-state index contributed by atoms with van der Waals surface area (Å²) in [5.74, 6) is 0.906. The Kier molecular flexibility index (Phi) is 2.19. The number of H-pyrrole nitrogens is 1. The van der Waals surface area contributed by atoms with Gasteiger partial charge in [0.15, 0.2) is 0 Å². The molecule has 0 saturated carbocycles. The fourth-order valence-corrected chi connectivity index (χ4v) is 2.07.